The number of amides is 3. The Hall–Kier alpha value is -2.57. The molecule has 152 valence electrons. The van der Waals surface area contributed by atoms with Gasteiger partial charge < -0.3 is 19.9 Å². The summed E-state index contributed by atoms with van der Waals surface area (Å²) in [6.45, 7) is 5.38. The number of ether oxygens (including phenoxy) is 1. The van der Waals surface area contributed by atoms with E-state index in [-0.39, 0.29) is 12.1 Å². The highest BCUT2D eigenvalue weighted by Crippen LogP contribution is 2.24. The van der Waals surface area contributed by atoms with Crippen molar-refractivity contribution in [2.24, 2.45) is 0 Å². The largest absolute Gasteiger partial charge is 0.450 e. The first-order valence-electron chi connectivity index (χ1n) is 10.1. The van der Waals surface area contributed by atoms with E-state index in [2.05, 4.69) is 17.4 Å². The van der Waals surface area contributed by atoms with Gasteiger partial charge >= 0.3 is 17.9 Å². The van der Waals surface area contributed by atoms with Crippen LogP contribution in [0.3, 0.4) is 0 Å². The molecule has 1 aliphatic carbocycles. The second kappa shape index (κ2) is 9.08. The number of benzene rings is 1. The van der Waals surface area contributed by atoms with Crippen molar-refractivity contribution in [2.75, 3.05) is 32.8 Å². The second-order valence-electron chi connectivity index (χ2n) is 7.41. The lowest BCUT2D eigenvalue weighted by atomic mass is 9.89. The Morgan fingerprint density at radius 3 is 2.36 bits per heavy atom. The van der Waals surface area contributed by atoms with Crippen LogP contribution in [0.15, 0.2) is 18.2 Å². The number of nitrogens with zero attached hydrogens (tertiary/aromatic N) is 2. The zero-order valence-electron chi connectivity index (χ0n) is 16.7. The van der Waals surface area contributed by atoms with Gasteiger partial charge in [-0.25, -0.2) is 4.79 Å². The summed E-state index contributed by atoms with van der Waals surface area (Å²) in [7, 11) is 0. The Balaban J connectivity index is 1.53. The summed E-state index contributed by atoms with van der Waals surface area (Å²) in [5.74, 6) is -1.15. The summed E-state index contributed by atoms with van der Waals surface area (Å²) < 4.78 is 4.97. The zero-order chi connectivity index (χ0) is 20.1. The molecule has 0 aromatic heterocycles. The molecule has 1 saturated heterocycles. The molecule has 1 N–H and O–H groups in total. The Morgan fingerprint density at radius 1 is 1.04 bits per heavy atom. The quantitative estimate of drug-likeness (QED) is 0.805. The van der Waals surface area contributed by atoms with Crippen LogP contribution in [-0.2, 0) is 27.2 Å². The van der Waals surface area contributed by atoms with Gasteiger partial charge in [-0.1, -0.05) is 18.2 Å². The molecule has 3 amide bonds. The third-order valence-corrected chi connectivity index (χ3v) is 5.51. The minimum atomic E-state index is -0.602. The van der Waals surface area contributed by atoms with Gasteiger partial charge in [-0.3, -0.25) is 9.59 Å². The van der Waals surface area contributed by atoms with Gasteiger partial charge in [0.1, 0.15) is 0 Å². The molecule has 7 nitrogen and oxygen atoms in total. The molecular weight excluding hydrogens is 358 g/mol. The third kappa shape index (κ3) is 4.64. The lowest BCUT2D eigenvalue weighted by Crippen LogP contribution is -2.54. The maximum atomic E-state index is 12.5. The third-order valence-electron chi connectivity index (χ3n) is 5.51. The maximum absolute atomic E-state index is 12.5. The molecule has 1 aromatic carbocycles. The highest BCUT2D eigenvalue weighted by molar-refractivity contribution is 6.35. The Morgan fingerprint density at radius 2 is 1.68 bits per heavy atom. The van der Waals surface area contributed by atoms with Crippen LogP contribution in [0.5, 0.6) is 0 Å². The number of piperazine rings is 1. The van der Waals surface area contributed by atoms with Gasteiger partial charge in [0, 0.05) is 26.2 Å². The van der Waals surface area contributed by atoms with Crippen molar-refractivity contribution in [2.45, 2.75) is 45.6 Å². The smallest absolute Gasteiger partial charge is 0.409 e. The molecule has 1 heterocycles. The summed E-state index contributed by atoms with van der Waals surface area (Å²) in [6, 6.07) is 6.10. The monoisotopic (exact) mass is 387 g/mol. The fraction of sp³-hybridized carbons (Fsp3) is 0.571. The van der Waals surface area contributed by atoms with Gasteiger partial charge in [-0.05, 0) is 56.2 Å². The number of hydrogen-bond acceptors (Lipinski definition) is 4. The van der Waals surface area contributed by atoms with Crippen LogP contribution in [0, 0.1) is 0 Å². The van der Waals surface area contributed by atoms with Crippen LogP contribution in [0.4, 0.5) is 4.79 Å². The fourth-order valence-electron chi connectivity index (χ4n) is 3.81. The molecule has 1 aliphatic heterocycles. The van der Waals surface area contributed by atoms with E-state index in [9.17, 15) is 14.4 Å². The molecule has 7 heteroatoms. The zero-order valence-corrected chi connectivity index (χ0v) is 16.7. The van der Waals surface area contributed by atoms with Gasteiger partial charge in [0.25, 0.3) is 0 Å². The number of nitrogens with one attached hydrogen (secondary N) is 1. The molecule has 0 radical (unpaired) electrons. The predicted molar refractivity (Wildman–Crippen MR) is 105 cm³/mol. The van der Waals surface area contributed by atoms with E-state index in [1.807, 2.05) is 13.0 Å². The Kier molecular flexibility index (Phi) is 6.54. The summed E-state index contributed by atoms with van der Waals surface area (Å²) in [5, 5.41) is 2.82. The molecule has 28 heavy (non-hydrogen) atoms. The number of hydrogen-bond donors (Lipinski definition) is 1. The van der Waals surface area contributed by atoms with Crippen molar-refractivity contribution < 1.29 is 19.1 Å². The SMILES string of the molecule is CCOC(=O)N1CCN(C(=O)C(=O)NC(C)c2ccc3c(c2)CCCC3)CC1. The summed E-state index contributed by atoms with van der Waals surface area (Å²) in [5.41, 5.74) is 3.77. The Bertz CT molecular complexity index is 741. The van der Waals surface area contributed by atoms with Crippen molar-refractivity contribution >= 4 is 17.9 Å². The lowest BCUT2D eigenvalue weighted by molar-refractivity contribution is -0.147. The van der Waals surface area contributed by atoms with Crippen LogP contribution in [0.1, 0.15) is 49.4 Å². The van der Waals surface area contributed by atoms with E-state index < -0.39 is 11.8 Å². The molecule has 0 saturated carbocycles. The Labute approximate surface area is 166 Å². The van der Waals surface area contributed by atoms with E-state index >= 15 is 0 Å². The summed E-state index contributed by atoms with van der Waals surface area (Å²) >= 11 is 0. The molecule has 0 spiro atoms. The van der Waals surface area contributed by atoms with Crippen molar-refractivity contribution in [3.8, 4) is 0 Å². The van der Waals surface area contributed by atoms with Crippen LogP contribution < -0.4 is 5.32 Å². The molecule has 1 atom stereocenters. The predicted octanol–water partition coefficient (Wildman–Crippen LogP) is 2.04. The van der Waals surface area contributed by atoms with E-state index in [4.69, 9.17) is 4.74 Å². The van der Waals surface area contributed by atoms with E-state index in [1.54, 1.807) is 11.8 Å². The molecule has 1 aromatic rings. The standard InChI is InChI=1S/C21H29N3O4/c1-3-28-21(27)24-12-10-23(11-13-24)20(26)19(25)22-15(2)17-9-8-16-6-4-5-7-18(16)14-17/h8-9,14-15H,3-7,10-13H2,1-2H3,(H,22,25). The number of fused-ring (bicyclic) bond motifs is 1. The first kappa shape index (κ1) is 20.2. The summed E-state index contributed by atoms with van der Waals surface area (Å²) in [6.07, 6.45) is 4.25. The molecule has 1 fully saturated rings. The normalized spacial score (nSPS) is 17.5. The average molecular weight is 387 g/mol. The second-order valence-corrected chi connectivity index (χ2v) is 7.41. The average Bonchev–Trinajstić information content (AvgIpc) is 2.73. The van der Waals surface area contributed by atoms with Crippen LogP contribution in [0.2, 0.25) is 0 Å². The lowest BCUT2D eigenvalue weighted by Gasteiger charge is -2.33. The minimum absolute atomic E-state index is 0.232. The number of carbonyl (C=O) groups excluding carboxylic acids is 3. The van der Waals surface area contributed by atoms with E-state index in [0.29, 0.717) is 32.8 Å². The van der Waals surface area contributed by atoms with Gasteiger partial charge in [0.15, 0.2) is 0 Å². The van der Waals surface area contributed by atoms with Crippen molar-refractivity contribution in [1.82, 2.24) is 15.1 Å². The van der Waals surface area contributed by atoms with Gasteiger partial charge in [0.2, 0.25) is 0 Å². The molecule has 0 bridgehead atoms. The fourth-order valence-corrected chi connectivity index (χ4v) is 3.81. The van der Waals surface area contributed by atoms with Crippen LogP contribution in [-0.4, -0.2) is 60.5 Å². The molecule has 3 rings (SSSR count). The van der Waals surface area contributed by atoms with Crippen molar-refractivity contribution in [1.29, 1.82) is 0 Å². The first-order valence-corrected chi connectivity index (χ1v) is 10.1. The molecule has 2 aliphatic rings. The number of aryl methyl sites for hydroxylation is 2. The minimum Gasteiger partial charge on any atom is -0.450 e. The first-order chi connectivity index (χ1) is 13.5. The van der Waals surface area contributed by atoms with Crippen molar-refractivity contribution in [3.05, 3.63) is 34.9 Å². The maximum Gasteiger partial charge on any atom is 0.409 e. The molecular formula is C21H29N3O4. The molecule has 1 unspecified atom stereocenters. The van der Waals surface area contributed by atoms with Crippen molar-refractivity contribution in [3.63, 3.8) is 0 Å². The summed E-state index contributed by atoms with van der Waals surface area (Å²) in [4.78, 5) is 39.7. The van der Waals surface area contributed by atoms with Gasteiger partial charge in [-0.15, -0.1) is 0 Å². The van der Waals surface area contributed by atoms with Crippen LogP contribution in [0.25, 0.3) is 0 Å². The van der Waals surface area contributed by atoms with E-state index in [1.165, 1.54) is 28.9 Å². The van der Waals surface area contributed by atoms with E-state index in [0.717, 1.165) is 18.4 Å². The topological polar surface area (TPSA) is 79.0 Å². The van der Waals surface area contributed by atoms with Gasteiger partial charge in [-0.2, -0.15) is 0 Å². The number of rotatable bonds is 3. The highest BCUT2D eigenvalue weighted by atomic mass is 16.6. The highest BCUT2D eigenvalue weighted by Gasteiger charge is 2.29. The number of carbonyl (C=O) groups is 3. The van der Waals surface area contributed by atoms with Crippen LogP contribution >= 0.6 is 0 Å². The van der Waals surface area contributed by atoms with Gasteiger partial charge in [0.05, 0.1) is 12.6 Å².